The Hall–Kier alpha value is -3.72. The van der Waals surface area contributed by atoms with Crippen LogP contribution in [0.25, 0.3) is 0 Å². The van der Waals surface area contributed by atoms with Crippen molar-refractivity contribution in [2.24, 2.45) is 4.99 Å². The van der Waals surface area contributed by atoms with Gasteiger partial charge in [-0.1, -0.05) is 18.2 Å². The van der Waals surface area contributed by atoms with Crippen LogP contribution in [0.2, 0.25) is 0 Å². The van der Waals surface area contributed by atoms with Crippen LogP contribution in [0.5, 0.6) is 11.5 Å². The maximum atomic E-state index is 5.56. The number of aromatic nitrogens is 2. The topological polar surface area (TPSA) is 92.7 Å². The number of anilines is 2. The van der Waals surface area contributed by atoms with Crippen molar-refractivity contribution in [3.8, 4) is 11.5 Å². The Bertz CT molecular complexity index is 1210. The summed E-state index contributed by atoms with van der Waals surface area (Å²) in [6.07, 6.45) is 0. The minimum Gasteiger partial charge on any atom is -0.454 e. The van der Waals surface area contributed by atoms with Crippen LogP contribution < -0.4 is 25.4 Å². The summed E-state index contributed by atoms with van der Waals surface area (Å²) in [6, 6.07) is 13.7. The van der Waals surface area contributed by atoms with E-state index in [9.17, 15) is 0 Å². The van der Waals surface area contributed by atoms with Crippen molar-refractivity contribution < 1.29 is 9.47 Å². The van der Waals surface area contributed by atoms with Gasteiger partial charge < -0.3 is 20.1 Å². The lowest BCUT2D eigenvalue weighted by Crippen LogP contribution is -2.39. The normalized spacial score (nSPS) is 12.4. The molecule has 4 rings (SSSR count). The van der Waals surface area contributed by atoms with E-state index in [1.807, 2.05) is 50.2 Å². The van der Waals surface area contributed by atoms with Crippen molar-refractivity contribution in [1.29, 1.82) is 0 Å². The Morgan fingerprint density at radius 1 is 0.970 bits per heavy atom. The van der Waals surface area contributed by atoms with E-state index in [4.69, 9.17) is 21.7 Å². The summed E-state index contributed by atoms with van der Waals surface area (Å²) in [5, 5.41) is 9.96. The van der Waals surface area contributed by atoms with Gasteiger partial charge in [0.25, 0.3) is 0 Å². The first kappa shape index (κ1) is 22.5. The van der Waals surface area contributed by atoms with E-state index < -0.39 is 0 Å². The van der Waals surface area contributed by atoms with E-state index in [1.54, 1.807) is 0 Å². The summed E-state index contributed by atoms with van der Waals surface area (Å²) in [5.74, 6) is 2.33. The van der Waals surface area contributed by atoms with Crippen LogP contribution in [0.3, 0.4) is 0 Å². The fraction of sp³-hybridized carbons (Fsp3) is 0.250. The number of thiocarbonyl (C=S) groups is 1. The molecule has 1 aliphatic heterocycles. The average Bonchev–Trinajstić information content (AvgIpc) is 3.22. The second-order valence-electron chi connectivity index (χ2n) is 7.78. The van der Waals surface area contributed by atoms with E-state index in [0.717, 1.165) is 39.7 Å². The predicted octanol–water partition coefficient (Wildman–Crippen LogP) is 4.39. The Morgan fingerprint density at radius 3 is 2.52 bits per heavy atom. The molecule has 0 amide bonds. The van der Waals surface area contributed by atoms with Crippen LogP contribution in [0.15, 0.2) is 47.5 Å². The Kier molecular flexibility index (Phi) is 6.69. The Balaban J connectivity index is 1.54. The number of ether oxygens (including phenoxy) is 2. The molecule has 0 saturated carbocycles. The van der Waals surface area contributed by atoms with Gasteiger partial charge in [-0.05, 0) is 80.9 Å². The SMILES string of the molecule is Cc1cc(C)nc(NC(=NCc2ccc3c(c2)OCO3)NC(=S)Nc2cccc(C)c2C)n1. The van der Waals surface area contributed by atoms with Gasteiger partial charge in [0.1, 0.15) is 0 Å². The molecule has 0 radical (unpaired) electrons. The number of hydrogen-bond donors (Lipinski definition) is 3. The van der Waals surface area contributed by atoms with Crippen molar-refractivity contribution in [3.05, 3.63) is 70.5 Å². The van der Waals surface area contributed by atoms with E-state index in [1.165, 1.54) is 5.56 Å². The highest BCUT2D eigenvalue weighted by Crippen LogP contribution is 2.32. The van der Waals surface area contributed by atoms with Gasteiger partial charge in [0.15, 0.2) is 16.6 Å². The molecular weight excluding hydrogens is 436 g/mol. The summed E-state index contributed by atoms with van der Waals surface area (Å²) < 4.78 is 10.8. The Labute approximate surface area is 198 Å². The lowest BCUT2D eigenvalue weighted by molar-refractivity contribution is 0.174. The number of benzene rings is 2. The number of hydrogen-bond acceptors (Lipinski definition) is 6. The third-order valence-electron chi connectivity index (χ3n) is 5.15. The molecule has 9 heteroatoms. The van der Waals surface area contributed by atoms with Gasteiger partial charge in [-0.2, -0.15) is 0 Å². The second kappa shape index (κ2) is 9.83. The lowest BCUT2D eigenvalue weighted by Gasteiger charge is -2.16. The minimum absolute atomic E-state index is 0.235. The van der Waals surface area contributed by atoms with Crippen LogP contribution in [0.4, 0.5) is 11.6 Å². The fourth-order valence-corrected chi connectivity index (χ4v) is 3.56. The van der Waals surface area contributed by atoms with Crippen molar-refractivity contribution in [2.75, 3.05) is 17.4 Å². The first-order valence-electron chi connectivity index (χ1n) is 10.5. The van der Waals surface area contributed by atoms with Crippen molar-refractivity contribution >= 4 is 34.9 Å². The van der Waals surface area contributed by atoms with Crippen LogP contribution in [-0.2, 0) is 6.54 Å². The fourth-order valence-electron chi connectivity index (χ4n) is 3.36. The molecule has 0 atom stereocenters. The molecule has 3 aromatic rings. The third kappa shape index (κ3) is 5.75. The van der Waals surface area contributed by atoms with E-state index in [2.05, 4.69) is 50.8 Å². The molecule has 2 aromatic carbocycles. The van der Waals surface area contributed by atoms with Gasteiger partial charge in [0, 0.05) is 17.1 Å². The van der Waals surface area contributed by atoms with Gasteiger partial charge in [-0.3, -0.25) is 5.32 Å². The number of fused-ring (bicyclic) bond motifs is 1. The molecule has 3 N–H and O–H groups in total. The maximum absolute atomic E-state index is 5.56. The van der Waals surface area contributed by atoms with Gasteiger partial charge in [-0.25, -0.2) is 15.0 Å². The zero-order chi connectivity index (χ0) is 23.4. The molecular formula is C24H26N6O2S. The largest absolute Gasteiger partial charge is 0.454 e. The minimum atomic E-state index is 0.235. The summed E-state index contributed by atoms with van der Waals surface area (Å²) in [7, 11) is 0. The maximum Gasteiger partial charge on any atom is 0.231 e. The quantitative estimate of drug-likeness (QED) is 0.299. The number of aryl methyl sites for hydroxylation is 3. The highest BCUT2D eigenvalue weighted by Gasteiger charge is 2.14. The number of nitrogens with one attached hydrogen (secondary N) is 3. The zero-order valence-corrected chi connectivity index (χ0v) is 19.8. The summed E-state index contributed by atoms with van der Waals surface area (Å²) in [4.78, 5) is 13.6. The standard InChI is InChI=1S/C24H26N6O2S/c1-14-6-5-7-19(17(14)4)28-24(33)30-22(29-23-26-15(2)10-16(3)27-23)25-12-18-8-9-20-21(11-18)32-13-31-20/h5-11H,12-13H2,1-4H3,(H3,25,26,27,28,29,30,33). The predicted molar refractivity (Wildman–Crippen MR) is 134 cm³/mol. The van der Waals surface area contributed by atoms with Crippen LogP contribution in [-0.4, -0.2) is 27.8 Å². The molecule has 2 heterocycles. The van der Waals surface area contributed by atoms with Gasteiger partial charge in [0.2, 0.25) is 18.7 Å². The number of nitrogens with zero attached hydrogens (tertiary/aromatic N) is 3. The lowest BCUT2D eigenvalue weighted by atomic mass is 10.1. The molecule has 170 valence electrons. The molecule has 0 bridgehead atoms. The second-order valence-corrected chi connectivity index (χ2v) is 8.19. The van der Waals surface area contributed by atoms with Crippen molar-refractivity contribution in [1.82, 2.24) is 15.3 Å². The summed E-state index contributed by atoms with van der Waals surface area (Å²) >= 11 is 5.56. The number of aliphatic imine (C=N–C) groups is 1. The highest BCUT2D eigenvalue weighted by molar-refractivity contribution is 7.80. The highest BCUT2D eigenvalue weighted by atomic mass is 32.1. The third-order valence-corrected chi connectivity index (χ3v) is 5.36. The van der Waals surface area contributed by atoms with Crippen LogP contribution in [0, 0.1) is 27.7 Å². The summed E-state index contributed by atoms with van der Waals surface area (Å²) in [5.41, 5.74) is 5.93. The van der Waals surface area contributed by atoms with Crippen molar-refractivity contribution in [2.45, 2.75) is 34.2 Å². The summed E-state index contributed by atoms with van der Waals surface area (Å²) in [6.45, 7) is 8.58. The first-order valence-corrected chi connectivity index (χ1v) is 10.9. The molecule has 0 spiro atoms. The van der Waals surface area contributed by atoms with Gasteiger partial charge in [-0.15, -0.1) is 0 Å². The molecule has 1 aromatic heterocycles. The molecule has 0 saturated heterocycles. The number of guanidine groups is 1. The van der Waals surface area contributed by atoms with Crippen LogP contribution in [0.1, 0.15) is 28.1 Å². The smallest absolute Gasteiger partial charge is 0.231 e. The van der Waals surface area contributed by atoms with E-state index >= 15 is 0 Å². The molecule has 8 nitrogen and oxygen atoms in total. The van der Waals surface area contributed by atoms with E-state index in [0.29, 0.717) is 23.6 Å². The zero-order valence-electron chi connectivity index (χ0n) is 19.0. The van der Waals surface area contributed by atoms with Gasteiger partial charge in [0.05, 0.1) is 6.54 Å². The monoisotopic (exact) mass is 462 g/mol. The average molecular weight is 463 g/mol. The molecule has 0 unspecified atom stereocenters. The molecule has 1 aliphatic rings. The van der Waals surface area contributed by atoms with E-state index in [-0.39, 0.29) is 6.79 Å². The molecule has 33 heavy (non-hydrogen) atoms. The van der Waals surface area contributed by atoms with Gasteiger partial charge >= 0.3 is 0 Å². The molecule has 0 aliphatic carbocycles. The Morgan fingerprint density at radius 2 is 1.73 bits per heavy atom. The van der Waals surface area contributed by atoms with Crippen molar-refractivity contribution in [3.63, 3.8) is 0 Å². The van der Waals surface area contributed by atoms with Crippen LogP contribution >= 0.6 is 12.2 Å². The number of rotatable bonds is 4. The first-order chi connectivity index (χ1) is 15.9. The molecule has 0 fully saturated rings.